The van der Waals surface area contributed by atoms with Crippen LogP contribution in [0.3, 0.4) is 0 Å². The number of methoxy groups -OCH3 is 1. The molecule has 0 unspecified atom stereocenters. The molecule has 0 spiro atoms. The van der Waals surface area contributed by atoms with E-state index in [1.165, 1.54) is 12.1 Å². The van der Waals surface area contributed by atoms with Crippen molar-refractivity contribution in [2.75, 3.05) is 13.7 Å². The Bertz CT molecular complexity index is 750. The maximum absolute atomic E-state index is 13.1. The molecule has 1 aliphatic rings. The quantitative estimate of drug-likeness (QED) is 0.820. The van der Waals surface area contributed by atoms with Crippen LogP contribution in [-0.4, -0.2) is 24.5 Å². The lowest BCUT2D eigenvalue weighted by Gasteiger charge is -2.25. The van der Waals surface area contributed by atoms with Gasteiger partial charge in [0, 0.05) is 11.6 Å². The van der Waals surface area contributed by atoms with E-state index >= 15 is 0 Å². The Morgan fingerprint density at radius 2 is 2.17 bits per heavy atom. The van der Waals surface area contributed by atoms with Crippen LogP contribution in [0.15, 0.2) is 42.5 Å². The van der Waals surface area contributed by atoms with E-state index in [2.05, 4.69) is 0 Å². The van der Waals surface area contributed by atoms with Crippen molar-refractivity contribution in [1.29, 1.82) is 0 Å². The SMILES string of the molecule is COc1cccc([C@@H]2CCCN2C(=O)Cc2ccc(F)cc2Cl)c1. The second kappa shape index (κ2) is 7.22. The second-order valence-corrected chi connectivity index (χ2v) is 6.34. The minimum atomic E-state index is -0.397. The van der Waals surface area contributed by atoms with Gasteiger partial charge in [-0.1, -0.05) is 29.8 Å². The highest BCUT2D eigenvalue weighted by Gasteiger charge is 2.30. The van der Waals surface area contributed by atoms with Crippen LogP contribution in [-0.2, 0) is 11.2 Å². The van der Waals surface area contributed by atoms with Gasteiger partial charge < -0.3 is 9.64 Å². The van der Waals surface area contributed by atoms with E-state index in [9.17, 15) is 9.18 Å². The summed E-state index contributed by atoms with van der Waals surface area (Å²) >= 11 is 6.05. The molecule has 1 aliphatic heterocycles. The Labute approximate surface area is 146 Å². The molecule has 0 aliphatic carbocycles. The standard InChI is InChI=1S/C19H19ClFNO2/c1-24-16-5-2-4-14(10-16)18-6-3-9-22(18)19(23)11-13-7-8-15(21)12-17(13)20/h2,4-5,7-8,10,12,18H,3,6,9,11H2,1H3/t18-/m0/s1. The first-order valence-corrected chi connectivity index (χ1v) is 8.33. The van der Waals surface area contributed by atoms with Gasteiger partial charge in [-0.25, -0.2) is 4.39 Å². The molecule has 2 aromatic rings. The number of carbonyl (C=O) groups excluding carboxylic acids is 1. The van der Waals surface area contributed by atoms with E-state index in [0.29, 0.717) is 10.6 Å². The van der Waals surface area contributed by atoms with Gasteiger partial charge in [0.25, 0.3) is 0 Å². The average molecular weight is 348 g/mol. The van der Waals surface area contributed by atoms with Gasteiger partial charge >= 0.3 is 0 Å². The summed E-state index contributed by atoms with van der Waals surface area (Å²) in [5.41, 5.74) is 1.73. The van der Waals surface area contributed by atoms with E-state index in [1.54, 1.807) is 13.2 Å². The van der Waals surface area contributed by atoms with Crippen LogP contribution in [0, 0.1) is 5.82 Å². The molecule has 2 aromatic carbocycles. The van der Waals surface area contributed by atoms with Gasteiger partial charge in [-0.15, -0.1) is 0 Å². The van der Waals surface area contributed by atoms with Crippen LogP contribution >= 0.6 is 11.6 Å². The molecule has 24 heavy (non-hydrogen) atoms. The second-order valence-electron chi connectivity index (χ2n) is 5.93. The number of rotatable bonds is 4. The molecule has 1 fully saturated rings. The minimum absolute atomic E-state index is 0.00817. The van der Waals surface area contributed by atoms with Crippen molar-refractivity contribution >= 4 is 17.5 Å². The Kier molecular flexibility index (Phi) is 5.05. The lowest BCUT2D eigenvalue weighted by atomic mass is 10.0. The first kappa shape index (κ1) is 16.8. The molecular weight excluding hydrogens is 329 g/mol. The van der Waals surface area contributed by atoms with E-state index < -0.39 is 5.82 Å². The van der Waals surface area contributed by atoms with Crippen molar-refractivity contribution in [3.63, 3.8) is 0 Å². The molecule has 126 valence electrons. The van der Waals surface area contributed by atoms with Crippen LogP contribution in [0.1, 0.15) is 30.0 Å². The van der Waals surface area contributed by atoms with Crippen LogP contribution in [0.4, 0.5) is 4.39 Å². The summed E-state index contributed by atoms with van der Waals surface area (Å²) in [4.78, 5) is 14.6. The summed E-state index contributed by atoms with van der Waals surface area (Å²) in [5, 5.41) is 0.292. The lowest BCUT2D eigenvalue weighted by molar-refractivity contribution is -0.131. The van der Waals surface area contributed by atoms with Crippen LogP contribution in [0.25, 0.3) is 0 Å². The van der Waals surface area contributed by atoms with Gasteiger partial charge in [0.2, 0.25) is 5.91 Å². The Morgan fingerprint density at radius 1 is 1.33 bits per heavy atom. The zero-order valence-corrected chi connectivity index (χ0v) is 14.2. The van der Waals surface area contributed by atoms with Crippen molar-refractivity contribution in [1.82, 2.24) is 4.90 Å². The normalized spacial score (nSPS) is 17.1. The van der Waals surface area contributed by atoms with Gasteiger partial charge in [0.1, 0.15) is 11.6 Å². The smallest absolute Gasteiger partial charge is 0.227 e. The summed E-state index contributed by atoms with van der Waals surface area (Å²) in [7, 11) is 1.63. The van der Waals surface area contributed by atoms with Crippen molar-refractivity contribution in [2.24, 2.45) is 0 Å². The van der Waals surface area contributed by atoms with Gasteiger partial charge in [0.05, 0.1) is 19.6 Å². The Hall–Kier alpha value is -2.07. The molecule has 3 rings (SSSR count). The van der Waals surface area contributed by atoms with Crippen LogP contribution in [0.5, 0.6) is 5.75 Å². The van der Waals surface area contributed by atoms with Crippen molar-refractivity contribution in [3.8, 4) is 5.75 Å². The summed E-state index contributed by atoms with van der Waals surface area (Å²) in [6.45, 7) is 0.722. The van der Waals surface area contributed by atoms with Crippen LogP contribution in [0.2, 0.25) is 5.02 Å². The summed E-state index contributed by atoms with van der Waals surface area (Å²) < 4.78 is 18.4. The molecule has 1 saturated heterocycles. The molecule has 0 saturated carbocycles. The topological polar surface area (TPSA) is 29.5 Å². The predicted molar refractivity (Wildman–Crippen MR) is 91.8 cm³/mol. The van der Waals surface area contributed by atoms with Crippen LogP contribution < -0.4 is 4.74 Å². The van der Waals surface area contributed by atoms with Gasteiger partial charge in [-0.05, 0) is 48.2 Å². The van der Waals surface area contributed by atoms with E-state index in [-0.39, 0.29) is 18.4 Å². The number of halogens is 2. The highest BCUT2D eigenvalue weighted by Crippen LogP contribution is 2.34. The van der Waals surface area contributed by atoms with Crippen molar-refractivity contribution < 1.29 is 13.9 Å². The number of benzene rings is 2. The number of hydrogen-bond acceptors (Lipinski definition) is 2. The summed E-state index contributed by atoms with van der Waals surface area (Å²) in [5.74, 6) is 0.397. The third-order valence-electron chi connectivity index (χ3n) is 4.41. The van der Waals surface area contributed by atoms with Crippen molar-refractivity contribution in [3.05, 3.63) is 64.4 Å². The molecule has 0 aromatic heterocycles. The number of hydrogen-bond donors (Lipinski definition) is 0. The van der Waals surface area contributed by atoms with E-state index in [4.69, 9.17) is 16.3 Å². The maximum Gasteiger partial charge on any atom is 0.227 e. The Balaban J connectivity index is 1.78. The minimum Gasteiger partial charge on any atom is -0.497 e. The molecule has 0 bridgehead atoms. The maximum atomic E-state index is 13.1. The largest absolute Gasteiger partial charge is 0.497 e. The monoisotopic (exact) mass is 347 g/mol. The van der Waals surface area contributed by atoms with E-state index in [1.807, 2.05) is 29.2 Å². The fourth-order valence-electron chi connectivity index (χ4n) is 3.19. The number of ether oxygens (including phenoxy) is 1. The molecular formula is C19H19ClFNO2. The summed E-state index contributed by atoms with van der Waals surface area (Å²) in [6.07, 6.45) is 2.07. The summed E-state index contributed by atoms with van der Waals surface area (Å²) in [6, 6.07) is 12.0. The fraction of sp³-hybridized carbons (Fsp3) is 0.316. The number of carbonyl (C=O) groups is 1. The predicted octanol–water partition coefficient (Wildman–Crippen LogP) is 4.39. The molecule has 1 amide bonds. The van der Waals surface area contributed by atoms with Gasteiger partial charge in [-0.2, -0.15) is 0 Å². The fourth-order valence-corrected chi connectivity index (χ4v) is 3.42. The molecule has 5 heteroatoms. The Morgan fingerprint density at radius 3 is 2.92 bits per heavy atom. The van der Waals surface area contributed by atoms with Gasteiger partial charge in [-0.3, -0.25) is 4.79 Å². The highest BCUT2D eigenvalue weighted by molar-refractivity contribution is 6.31. The third-order valence-corrected chi connectivity index (χ3v) is 4.76. The molecule has 3 nitrogen and oxygen atoms in total. The first-order valence-electron chi connectivity index (χ1n) is 7.96. The van der Waals surface area contributed by atoms with E-state index in [0.717, 1.165) is 30.7 Å². The lowest BCUT2D eigenvalue weighted by Crippen LogP contribution is -2.31. The zero-order valence-electron chi connectivity index (χ0n) is 13.5. The third kappa shape index (κ3) is 3.54. The highest BCUT2D eigenvalue weighted by atomic mass is 35.5. The number of likely N-dealkylation sites (tertiary alicyclic amines) is 1. The molecule has 0 N–H and O–H groups in total. The first-order chi connectivity index (χ1) is 11.6. The van der Waals surface area contributed by atoms with Gasteiger partial charge in [0.15, 0.2) is 0 Å². The molecule has 0 radical (unpaired) electrons. The molecule has 1 atom stereocenters. The number of nitrogens with zero attached hydrogens (tertiary/aromatic N) is 1. The number of amides is 1. The van der Waals surface area contributed by atoms with Crippen molar-refractivity contribution in [2.45, 2.75) is 25.3 Å². The average Bonchev–Trinajstić information content (AvgIpc) is 3.07. The zero-order chi connectivity index (χ0) is 17.1. The molecule has 1 heterocycles.